The molecule has 0 N–H and O–H groups in total. The Bertz CT molecular complexity index is 592. The van der Waals surface area contributed by atoms with Crippen molar-refractivity contribution in [2.45, 2.75) is 12.8 Å². The fraction of sp³-hybridized carbons (Fsp3) is 0.308. The van der Waals surface area contributed by atoms with Crippen LogP contribution in [0.4, 0.5) is 0 Å². The third kappa shape index (κ3) is 3.29. The van der Waals surface area contributed by atoms with Crippen LogP contribution in [0.5, 0.6) is 0 Å². The van der Waals surface area contributed by atoms with Crippen molar-refractivity contribution in [3.63, 3.8) is 0 Å². The minimum absolute atomic E-state index is 0.0755. The van der Waals surface area contributed by atoms with Crippen LogP contribution in [0.1, 0.15) is 18.5 Å². The van der Waals surface area contributed by atoms with Gasteiger partial charge in [-0.3, -0.25) is 9.69 Å². The van der Waals surface area contributed by atoms with E-state index in [9.17, 15) is 14.7 Å². The molecule has 0 aliphatic carbocycles. The summed E-state index contributed by atoms with van der Waals surface area (Å²) in [5.74, 6) is -1.28. The summed E-state index contributed by atoms with van der Waals surface area (Å²) in [6.07, 6.45) is 3.95. The van der Waals surface area contributed by atoms with Crippen LogP contribution in [0.2, 0.25) is 0 Å². The maximum Gasteiger partial charge on any atom is 0.266 e. The first-order chi connectivity index (χ1) is 9.49. The first kappa shape index (κ1) is 14.8. The van der Waals surface area contributed by atoms with Crippen LogP contribution in [0.15, 0.2) is 23.2 Å². The van der Waals surface area contributed by atoms with Crippen molar-refractivity contribution in [3.05, 3.63) is 28.9 Å². The molecule has 1 aliphatic rings. The van der Waals surface area contributed by atoms with E-state index < -0.39 is 5.97 Å². The molecule has 0 saturated carbocycles. The number of thioether (sulfide) groups is 1. The predicted molar refractivity (Wildman–Crippen MR) is 79.5 cm³/mol. The normalized spacial score (nSPS) is 17.2. The second kappa shape index (κ2) is 6.23. The van der Waals surface area contributed by atoms with Crippen LogP contribution in [0.3, 0.4) is 0 Å². The molecule has 1 aliphatic heterocycles. The molecule has 0 radical (unpaired) electrons. The number of carbonyl (C=O) groups is 2. The van der Waals surface area contributed by atoms with Gasteiger partial charge >= 0.3 is 0 Å². The average molecular weight is 309 g/mol. The lowest BCUT2D eigenvalue weighted by atomic mass is 10.3. The average Bonchev–Trinajstić information content (AvgIpc) is 2.88. The number of rotatable bonds is 5. The molecule has 0 bridgehead atoms. The third-order valence-corrected chi connectivity index (χ3v) is 4.28. The first-order valence-electron chi connectivity index (χ1n) is 6.05. The predicted octanol–water partition coefficient (Wildman–Crippen LogP) is 0.756. The number of nitrogens with zero attached hydrogens (tertiary/aromatic N) is 2. The van der Waals surface area contributed by atoms with E-state index in [1.54, 1.807) is 6.08 Å². The zero-order valence-corrected chi connectivity index (χ0v) is 12.5. The number of hydrogen-bond donors (Lipinski definition) is 0. The third-order valence-electron chi connectivity index (χ3n) is 2.90. The van der Waals surface area contributed by atoms with Crippen LogP contribution < -0.4 is 5.11 Å². The van der Waals surface area contributed by atoms with Crippen molar-refractivity contribution in [1.82, 2.24) is 9.47 Å². The SMILES string of the molecule is Cn1cccc1/C=C1/SC(=S)N(CCCC(=O)[O-])C1=O. The van der Waals surface area contributed by atoms with Crippen molar-refractivity contribution in [3.8, 4) is 0 Å². The van der Waals surface area contributed by atoms with Gasteiger partial charge in [0.1, 0.15) is 4.32 Å². The lowest BCUT2D eigenvalue weighted by Crippen LogP contribution is -2.30. The van der Waals surface area contributed by atoms with Gasteiger partial charge in [0.15, 0.2) is 0 Å². The van der Waals surface area contributed by atoms with Gasteiger partial charge in [0.2, 0.25) is 0 Å². The quantitative estimate of drug-likeness (QED) is 0.593. The summed E-state index contributed by atoms with van der Waals surface area (Å²) >= 11 is 6.40. The van der Waals surface area contributed by atoms with Crippen molar-refractivity contribution >= 4 is 46.3 Å². The highest BCUT2D eigenvalue weighted by molar-refractivity contribution is 8.26. The monoisotopic (exact) mass is 309 g/mol. The number of aryl methyl sites for hydroxylation is 1. The van der Waals surface area contributed by atoms with Crippen LogP contribution in [0, 0.1) is 0 Å². The maximum absolute atomic E-state index is 12.2. The summed E-state index contributed by atoms with van der Waals surface area (Å²) in [6, 6.07) is 3.80. The van der Waals surface area contributed by atoms with E-state index >= 15 is 0 Å². The minimum atomic E-state index is -1.12. The van der Waals surface area contributed by atoms with Crippen molar-refractivity contribution in [2.24, 2.45) is 7.05 Å². The van der Waals surface area contributed by atoms with Gasteiger partial charge in [0.05, 0.1) is 4.91 Å². The zero-order chi connectivity index (χ0) is 14.7. The molecule has 2 rings (SSSR count). The Hall–Kier alpha value is -1.60. The summed E-state index contributed by atoms with van der Waals surface area (Å²) in [7, 11) is 1.90. The van der Waals surface area contributed by atoms with Crippen molar-refractivity contribution in [2.75, 3.05) is 6.54 Å². The van der Waals surface area contributed by atoms with Gasteiger partial charge < -0.3 is 14.5 Å². The van der Waals surface area contributed by atoms with Crippen LogP contribution in [-0.4, -0.2) is 32.2 Å². The van der Waals surface area contributed by atoms with E-state index in [-0.39, 0.29) is 12.3 Å². The van der Waals surface area contributed by atoms with Gasteiger partial charge in [-0.1, -0.05) is 24.0 Å². The first-order valence-corrected chi connectivity index (χ1v) is 7.28. The number of aromatic nitrogens is 1. The Kier molecular flexibility index (Phi) is 4.61. The maximum atomic E-state index is 12.2. The minimum Gasteiger partial charge on any atom is -0.550 e. The number of carbonyl (C=O) groups excluding carboxylic acids is 2. The van der Waals surface area contributed by atoms with Crippen LogP contribution in [0.25, 0.3) is 6.08 Å². The second-order valence-electron chi connectivity index (χ2n) is 4.35. The molecule has 2 heterocycles. The Labute approximate surface area is 126 Å². The second-order valence-corrected chi connectivity index (χ2v) is 6.03. The molecule has 7 heteroatoms. The molecule has 5 nitrogen and oxygen atoms in total. The number of thiocarbonyl (C=S) groups is 1. The molecule has 106 valence electrons. The smallest absolute Gasteiger partial charge is 0.266 e. The number of aliphatic carboxylic acids is 1. The zero-order valence-electron chi connectivity index (χ0n) is 10.9. The molecule has 20 heavy (non-hydrogen) atoms. The highest BCUT2D eigenvalue weighted by Crippen LogP contribution is 2.32. The van der Waals surface area contributed by atoms with Crippen molar-refractivity contribution in [1.29, 1.82) is 0 Å². The van der Waals surface area contributed by atoms with E-state index in [1.165, 1.54) is 16.7 Å². The molecule has 1 saturated heterocycles. The largest absolute Gasteiger partial charge is 0.550 e. The van der Waals surface area contributed by atoms with E-state index in [1.807, 2.05) is 29.9 Å². The van der Waals surface area contributed by atoms with Crippen LogP contribution in [-0.2, 0) is 16.6 Å². The fourth-order valence-electron chi connectivity index (χ4n) is 1.83. The topological polar surface area (TPSA) is 65.4 Å². The van der Waals surface area contributed by atoms with Crippen molar-refractivity contribution < 1.29 is 14.7 Å². The number of hydrogen-bond acceptors (Lipinski definition) is 5. The molecule has 0 aromatic carbocycles. The number of carboxylic acid groups (broad SMARTS) is 1. The molecule has 1 amide bonds. The Balaban J connectivity index is 2.07. The highest BCUT2D eigenvalue weighted by Gasteiger charge is 2.31. The highest BCUT2D eigenvalue weighted by atomic mass is 32.2. The summed E-state index contributed by atoms with van der Waals surface area (Å²) in [5, 5.41) is 10.4. The summed E-state index contributed by atoms with van der Waals surface area (Å²) in [5.41, 5.74) is 0.917. The molecule has 0 spiro atoms. The standard InChI is InChI=1S/C13H14N2O3S2/c1-14-6-2-4-9(14)8-10-12(18)15(13(19)20-10)7-3-5-11(16)17/h2,4,6,8H,3,5,7H2,1H3,(H,16,17)/p-1/b10-8+. The molecule has 1 aromatic rings. The van der Waals surface area contributed by atoms with E-state index in [0.29, 0.717) is 22.2 Å². The Morgan fingerprint density at radius 1 is 1.55 bits per heavy atom. The summed E-state index contributed by atoms with van der Waals surface area (Å²) in [4.78, 5) is 24.6. The fourth-order valence-corrected chi connectivity index (χ4v) is 3.13. The van der Waals surface area contributed by atoms with E-state index in [0.717, 1.165) is 5.69 Å². The Morgan fingerprint density at radius 3 is 2.90 bits per heavy atom. The van der Waals surface area contributed by atoms with E-state index in [2.05, 4.69) is 0 Å². The van der Waals surface area contributed by atoms with Gasteiger partial charge in [-0.2, -0.15) is 0 Å². The van der Waals surface area contributed by atoms with Gasteiger partial charge in [-0.05, 0) is 31.1 Å². The number of carboxylic acids is 1. The lowest BCUT2D eigenvalue weighted by molar-refractivity contribution is -0.305. The van der Waals surface area contributed by atoms with E-state index in [4.69, 9.17) is 12.2 Å². The molecule has 1 fully saturated rings. The Morgan fingerprint density at radius 2 is 2.30 bits per heavy atom. The van der Waals surface area contributed by atoms with Gasteiger partial charge in [0.25, 0.3) is 5.91 Å². The molecular weight excluding hydrogens is 296 g/mol. The molecule has 0 atom stereocenters. The summed E-state index contributed by atoms with van der Waals surface area (Å²) in [6.45, 7) is 0.309. The summed E-state index contributed by atoms with van der Waals surface area (Å²) < 4.78 is 2.37. The molecular formula is C13H13N2O3S2-. The van der Waals surface area contributed by atoms with Gasteiger partial charge in [0, 0.05) is 31.5 Å². The molecule has 1 aromatic heterocycles. The van der Waals surface area contributed by atoms with Gasteiger partial charge in [-0.25, -0.2) is 0 Å². The number of amides is 1. The lowest BCUT2D eigenvalue weighted by Gasteiger charge is -2.14. The molecule has 0 unspecified atom stereocenters. The van der Waals surface area contributed by atoms with Crippen LogP contribution >= 0.6 is 24.0 Å². The van der Waals surface area contributed by atoms with Gasteiger partial charge in [-0.15, -0.1) is 0 Å².